The second kappa shape index (κ2) is 4.78. The Kier molecular flexibility index (Phi) is 3.99. The number of urea groups is 1. The van der Waals surface area contributed by atoms with E-state index in [1.807, 2.05) is 0 Å². The molecule has 0 spiro atoms. The lowest BCUT2D eigenvalue weighted by Gasteiger charge is -1.87. The molecule has 1 rings (SSSR count). The quantitative estimate of drug-likeness (QED) is 0.441. The molecular formula is C6H7N3O3. The maximum Gasteiger partial charge on any atom is 0.317 e. The fourth-order valence-corrected chi connectivity index (χ4v) is 0.376. The second-order valence-corrected chi connectivity index (χ2v) is 1.71. The number of hydrogen-bond donors (Lipinski definition) is 2. The third kappa shape index (κ3) is 4.86. The minimum atomic E-state index is -0.833. The molecule has 64 valence electrons. The van der Waals surface area contributed by atoms with Gasteiger partial charge in [0.15, 0.2) is 0 Å². The van der Waals surface area contributed by atoms with Crippen molar-refractivity contribution in [3.05, 3.63) is 12.2 Å². The summed E-state index contributed by atoms with van der Waals surface area (Å²) in [4.78, 5) is 32.7. The Bertz CT molecular complexity index is 241. The van der Waals surface area contributed by atoms with Crippen LogP contribution in [-0.2, 0) is 9.59 Å². The minimum Gasteiger partial charge on any atom is -0.352 e. The number of amides is 3. The van der Waals surface area contributed by atoms with Crippen molar-refractivity contribution < 1.29 is 14.4 Å². The number of allylic oxidation sites excluding steroid dienone is 1. The van der Waals surface area contributed by atoms with Gasteiger partial charge in [-0.1, -0.05) is 0 Å². The molecule has 0 aromatic carbocycles. The zero-order valence-electron chi connectivity index (χ0n) is 6.06. The molecule has 1 heterocycles. The van der Waals surface area contributed by atoms with Crippen LogP contribution in [-0.4, -0.2) is 23.9 Å². The first-order chi connectivity index (χ1) is 5.54. The molecule has 0 unspecified atom stereocenters. The Morgan fingerprint density at radius 1 is 1.33 bits per heavy atom. The molecular weight excluding hydrogens is 162 g/mol. The van der Waals surface area contributed by atoms with Crippen molar-refractivity contribution in [2.24, 2.45) is 16.5 Å². The fraction of sp³-hybridized carbons (Fsp3) is 0. The number of rotatable bonds is 0. The molecule has 12 heavy (non-hydrogen) atoms. The number of primary amides is 2. The summed E-state index contributed by atoms with van der Waals surface area (Å²) in [5, 5.41) is 0. The van der Waals surface area contributed by atoms with Crippen LogP contribution in [0.1, 0.15) is 0 Å². The van der Waals surface area contributed by atoms with Gasteiger partial charge in [0.2, 0.25) is 5.78 Å². The summed E-state index contributed by atoms with van der Waals surface area (Å²) in [7, 11) is 0. The van der Waals surface area contributed by atoms with Gasteiger partial charge >= 0.3 is 11.9 Å². The minimum absolute atomic E-state index is 0.549. The average molecular weight is 169 g/mol. The van der Waals surface area contributed by atoms with E-state index in [1.54, 1.807) is 0 Å². The van der Waals surface area contributed by atoms with Crippen LogP contribution in [0, 0.1) is 0 Å². The number of hydrogen-bond acceptors (Lipinski definition) is 3. The molecule has 1 aliphatic rings. The Morgan fingerprint density at radius 3 is 2.08 bits per heavy atom. The van der Waals surface area contributed by atoms with Gasteiger partial charge in [-0.3, -0.25) is 9.59 Å². The molecule has 0 aromatic heterocycles. The molecule has 3 amide bonds. The number of nitrogens with two attached hydrogens (primary N) is 2. The van der Waals surface area contributed by atoms with Gasteiger partial charge in [0, 0.05) is 6.21 Å². The third-order valence-corrected chi connectivity index (χ3v) is 0.736. The zero-order chi connectivity index (χ0) is 9.56. The van der Waals surface area contributed by atoms with E-state index in [0.717, 1.165) is 0 Å². The number of carbonyl (C=O) groups is 3. The predicted octanol–water partition coefficient (Wildman–Crippen LogP) is -1.25. The highest BCUT2D eigenvalue weighted by atomic mass is 16.2. The molecule has 0 saturated heterocycles. The molecule has 0 radical (unpaired) electrons. The summed E-state index contributed by atoms with van der Waals surface area (Å²) in [5.41, 5.74) is 8.50. The maximum absolute atomic E-state index is 10.2. The molecule has 4 N–H and O–H groups in total. The molecule has 1 aliphatic heterocycles. The number of aliphatic imine (C=N–C) groups is 1. The van der Waals surface area contributed by atoms with E-state index in [9.17, 15) is 9.59 Å². The van der Waals surface area contributed by atoms with E-state index in [4.69, 9.17) is 4.79 Å². The van der Waals surface area contributed by atoms with Crippen molar-refractivity contribution in [1.82, 2.24) is 0 Å². The van der Waals surface area contributed by atoms with Gasteiger partial charge in [0.05, 0.1) is 0 Å². The maximum atomic E-state index is 10.2. The standard InChI is InChI=1S/C5H3NO2.CH4N2O/c7-4-2-1-3-6-5(4)8;2-1(3)4/h1-3H;(H4,2,3,4). The van der Waals surface area contributed by atoms with Gasteiger partial charge in [-0.05, 0) is 12.2 Å². The van der Waals surface area contributed by atoms with Gasteiger partial charge in [-0.15, -0.1) is 0 Å². The van der Waals surface area contributed by atoms with Gasteiger partial charge in [-0.2, -0.15) is 0 Å². The van der Waals surface area contributed by atoms with Gasteiger partial charge in [0.1, 0.15) is 0 Å². The predicted molar refractivity (Wildman–Crippen MR) is 41.4 cm³/mol. The molecule has 0 fully saturated rings. The summed E-state index contributed by atoms with van der Waals surface area (Å²) in [6, 6.07) is -0.833. The highest BCUT2D eigenvalue weighted by Gasteiger charge is 2.08. The summed E-state index contributed by atoms with van der Waals surface area (Å²) < 4.78 is 0. The van der Waals surface area contributed by atoms with E-state index in [-0.39, 0.29) is 0 Å². The number of carbonyl (C=O) groups excluding carboxylic acids is 3. The molecule has 0 aromatic rings. The smallest absolute Gasteiger partial charge is 0.317 e. The van der Waals surface area contributed by atoms with Crippen molar-refractivity contribution in [2.45, 2.75) is 0 Å². The van der Waals surface area contributed by atoms with Crippen molar-refractivity contribution in [3.63, 3.8) is 0 Å². The van der Waals surface area contributed by atoms with Gasteiger partial charge in [-0.25, -0.2) is 9.79 Å². The van der Waals surface area contributed by atoms with E-state index in [0.29, 0.717) is 0 Å². The first-order valence-corrected chi connectivity index (χ1v) is 2.88. The van der Waals surface area contributed by atoms with E-state index in [1.165, 1.54) is 18.4 Å². The van der Waals surface area contributed by atoms with E-state index in [2.05, 4.69) is 16.5 Å². The second-order valence-electron chi connectivity index (χ2n) is 1.71. The summed E-state index contributed by atoms with van der Waals surface area (Å²) in [6.07, 6.45) is 3.92. The summed E-state index contributed by atoms with van der Waals surface area (Å²) in [6.45, 7) is 0. The zero-order valence-corrected chi connectivity index (χ0v) is 6.06. The highest BCUT2D eigenvalue weighted by Crippen LogP contribution is 1.86. The van der Waals surface area contributed by atoms with Crippen molar-refractivity contribution in [1.29, 1.82) is 0 Å². The lowest BCUT2D eigenvalue weighted by Crippen LogP contribution is -2.18. The van der Waals surface area contributed by atoms with Crippen LogP contribution in [0.4, 0.5) is 4.79 Å². The van der Waals surface area contributed by atoms with Crippen molar-refractivity contribution in [3.8, 4) is 0 Å². The fourth-order valence-electron chi connectivity index (χ4n) is 0.376. The Labute approximate surface area is 67.9 Å². The Balaban J connectivity index is 0.000000261. The van der Waals surface area contributed by atoms with Crippen LogP contribution in [0.3, 0.4) is 0 Å². The van der Waals surface area contributed by atoms with Crippen LogP contribution in [0.5, 0.6) is 0 Å². The molecule has 0 atom stereocenters. The lowest BCUT2D eigenvalue weighted by molar-refractivity contribution is -0.133. The molecule has 0 bridgehead atoms. The van der Waals surface area contributed by atoms with E-state index < -0.39 is 17.7 Å². The number of ketones is 1. The molecule has 6 nitrogen and oxygen atoms in total. The normalized spacial score (nSPS) is 13.7. The van der Waals surface area contributed by atoms with Crippen molar-refractivity contribution in [2.75, 3.05) is 0 Å². The highest BCUT2D eigenvalue weighted by molar-refractivity contribution is 6.43. The van der Waals surface area contributed by atoms with Crippen LogP contribution < -0.4 is 11.5 Å². The third-order valence-electron chi connectivity index (χ3n) is 0.736. The van der Waals surface area contributed by atoms with Crippen molar-refractivity contribution >= 4 is 23.9 Å². The number of dihydropyridines is 1. The number of nitrogens with zero attached hydrogens (tertiary/aromatic N) is 1. The first kappa shape index (κ1) is 10.0. The Morgan fingerprint density at radius 2 is 1.83 bits per heavy atom. The van der Waals surface area contributed by atoms with Gasteiger partial charge < -0.3 is 11.5 Å². The SMILES string of the molecule is NC(N)=O.O=C1C=CC=NC1=O. The summed E-state index contributed by atoms with van der Waals surface area (Å²) in [5.74, 6) is -1.24. The summed E-state index contributed by atoms with van der Waals surface area (Å²) >= 11 is 0. The first-order valence-electron chi connectivity index (χ1n) is 2.88. The van der Waals surface area contributed by atoms with Crippen LogP contribution >= 0.6 is 0 Å². The Hall–Kier alpha value is -1.98. The molecule has 0 aliphatic carbocycles. The molecule has 0 saturated carbocycles. The van der Waals surface area contributed by atoms with Crippen LogP contribution in [0.25, 0.3) is 0 Å². The largest absolute Gasteiger partial charge is 0.352 e. The topological polar surface area (TPSA) is 116 Å². The average Bonchev–Trinajstić information content (AvgIpc) is 1.94. The van der Waals surface area contributed by atoms with E-state index >= 15 is 0 Å². The van der Waals surface area contributed by atoms with Gasteiger partial charge in [0.25, 0.3) is 0 Å². The monoisotopic (exact) mass is 169 g/mol. The van der Waals surface area contributed by atoms with Crippen LogP contribution in [0.2, 0.25) is 0 Å². The van der Waals surface area contributed by atoms with Crippen LogP contribution in [0.15, 0.2) is 17.1 Å². The lowest BCUT2D eigenvalue weighted by atomic mass is 10.3. The molecule has 6 heteroatoms.